The summed E-state index contributed by atoms with van der Waals surface area (Å²) in [5.41, 5.74) is 0.573. The first-order valence-electron chi connectivity index (χ1n) is 4.74. The van der Waals surface area contributed by atoms with Crippen molar-refractivity contribution in [2.45, 2.75) is 20.3 Å². The van der Waals surface area contributed by atoms with Gasteiger partial charge in [-0.1, -0.05) is 13.8 Å². The second kappa shape index (κ2) is 4.74. The number of nitrogens with zero attached hydrogens (tertiary/aromatic N) is 1. The van der Waals surface area contributed by atoms with Gasteiger partial charge in [0.15, 0.2) is 5.78 Å². The van der Waals surface area contributed by atoms with Crippen LogP contribution in [0.2, 0.25) is 0 Å². The number of ketones is 1. The average molecular weight is 193 g/mol. The summed E-state index contributed by atoms with van der Waals surface area (Å²) in [6.07, 6.45) is 2.45. The van der Waals surface area contributed by atoms with Crippen molar-refractivity contribution in [3.63, 3.8) is 0 Å². The van der Waals surface area contributed by atoms with Crippen LogP contribution in [-0.4, -0.2) is 17.9 Å². The Morgan fingerprint density at radius 1 is 1.64 bits per heavy atom. The van der Waals surface area contributed by atoms with Gasteiger partial charge < -0.3 is 4.74 Å². The Hall–Kier alpha value is -1.38. The first kappa shape index (κ1) is 10.7. The molecule has 1 rings (SSSR count). The quantitative estimate of drug-likeness (QED) is 0.689. The van der Waals surface area contributed by atoms with Crippen LogP contribution in [0.25, 0.3) is 0 Å². The SMILES string of the molecule is CCC(C)C(=O)c1cccnc1OC. The van der Waals surface area contributed by atoms with Gasteiger partial charge in [-0.3, -0.25) is 4.79 Å². The molecule has 0 radical (unpaired) electrons. The Morgan fingerprint density at radius 3 is 2.93 bits per heavy atom. The van der Waals surface area contributed by atoms with E-state index in [1.54, 1.807) is 18.3 Å². The molecule has 0 bridgehead atoms. The van der Waals surface area contributed by atoms with Gasteiger partial charge in [0.05, 0.1) is 12.7 Å². The zero-order valence-corrected chi connectivity index (χ0v) is 8.78. The lowest BCUT2D eigenvalue weighted by Gasteiger charge is -2.09. The molecule has 0 amide bonds. The molecule has 1 aromatic rings. The summed E-state index contributed by atoms with van der Waals surface area (Å²) >= 11 is 0. The fraction of sp³-hybridized carbons (Fsp3) is 0.455. The molecule has 1 heterocycles. The third-order valence-electron chi connectivity index (χ3n) is 2.29. The number of carbonyl (C=O) groups excluding carboxylic acids is 1. The van der Waals surface area contributed by atoms with Crippen LogP contribution in [0.15, 0.2) is 18.3 Å². The van der Waals surface area contributed by atoms with Crippen LogP contribution in [0.5, 0.6) is 5.88 Å². The molecule has 0 saturated heterocycles. The van der Waals surface area contributed by atoms with Crippen molar-refractivity contribution in [1.82, 2.24) is 4.98 Å². The molecule has 0 spiro atoms. The van der Waals surface area contributed by atoms with Crippen molar-refractivity contribution in [1.29, 1.82) is 0 Å². The van der Waals surface area contributed by atoms with E-state index < -0.39 is 0 Å². The molecule has 3 nitrogen and oxygen atoms in total. The second-order valence-electron chi connectivity index (χ2n) is 3.23. The summed E-state index contributed by atoms with van der Waals surface area (Å²) in [6.45, 7) is 3.90. The lowest BCUT2D eigenvalue weighted by molar-refractivity contribution is 0.0923. The van der Waals surface area contributed by atoms with E-state index in [4.69, 9.17) is 4.74 Å². The van der Waals surface area contributed by atoms with Gasteiger partial charge in [0.25, 0.3) is 0 Å². The number of ether oxygens (including phenoxy) is 1. The fourth-order valence-electron chi connectivity index (χ4n) is 1.19. The highest BCUT2D eigenvalue weighted by atomic mass is 16.5. The topological polar surface area (TPSA) is 39.2 Å². The number of hydrogen-bond donors (Lipinski definition) is 0. The van der Waals surface area contributed by atoms with Gasteiger partial charge in [-0.2, -0.15) is 0 Å². The molecule has 3 heteroatoms. The van der Waals surface area contributed by atoms with Crippen LogP contribution < -0.4 is 4.74 Å². The summed E-state index contributed by atoms with van der Waals surface area (Å²) < 4.78 is 5.03. The van der Waals surface area contributed by atoms with E-state index in [2.05, 4.69) is 4.98 Å². The fourth-order valence-corrected chi connectivity index (χ4v) is 1.19. The van der Waals surface area contributed by atoms with E-state index in [1.165, 1.54) is 7.11 Å². The smallest absolute Gasteiger partial charge is 0.224 e. The van der Waals surface area contributed by atoms with Crippen LogP contribution in [-0.2, 0) is 0 Å². The van der Waals surface area contributed by atoms with Gasteiger partial charge in [0, 0.05) is 12.1 Å². The molecule has 14 heavy (non-hydrogen) atoms. The van der Waals surface area contributed by atoms with Gasteiger partial charge in [0.1, 0.15) is 0 Å². The van der Waals surface area contributed by atoms with Gasteiger partial charge in [-0.05, 0) is 18.6 Å². The Labute approximate surface area is 84.1 Å². The first-order valence-corrected chi connectivity index (χ1v) is 4.74. The molecule has 0 fully saturated rings. The van der Waals surface area contributed by atoms with Crippen LogP contribution in [0.4, 0.5) is 0 Å². The third kappa shape index (κ3) is 2.10. The van der Waals surface area contributed by atoms with E-state index in [0.29, 0.717) is 11.4 Å². The number of pyridine rings is 1. The van der Waals surface area contributed by atoms with Crippen molar-refractivity contribution < 1.29 is 9.53 Å². The molecule has 1 aromatic heterocycles. The van der Waals surface area contributed by atoms with Gasteiger partial charge in [-0.25, -0.2) is 4.98 Å². The lowest BCUT2D eigenvalue weighted by atomic mass is 9.98. The summed E-state index contributed by atoms with van der Waals surface area (Å²) in [4.78, 5) is 15.8. The monoisotopic (exact) mass is 193 g/mol. The Morgan fingerprint density at radius 2 is 2.36 bits per heavy atom. The third-order valence-corrected chi connectivity index (χ3v) is 2.29. The summed E-state index contributed by atoms with van der Waals surface area (Å²) in [5.74, 6) is 0.531. The standard InChI is InChI=1S/C11H15NO2/c1-4-8(2)10(13)9-6-5-7-12-11(9)14-3/h5-8H,4H2,1-3H3. The maximum absolute atomic E-state index is 11.8. The summed E-state index contributed by atoms with van der Waals surface area (Å²) in [6, 6.07) is 3.50. The maximum Gasteiger partial charge on any atom is 0.224 e. The average Bonchev–Trinajstić information content (AvgIpc) is 2.26. The van der Waals surface area contributed by atoms with Gasteiger partial charge in [0.2, 0.25) is 5.88 Å². The molecular weight excluding hydrogens is 178 g/mol. The largest absolute Gasteiger partial charge is 0.480 e. The first-order chi connectivity index (χ1) is 6.70. The lowest BCUT2D eigenvalue weighted by Crippen LogP contribution is -2.12. The van der Waals surface area contributed by atoms with Crippen molar-refractivity contribution in [2.24, 2.45) is 5.92 Å². The number of rotatable bonds is 4. The molecule has 0 N–H and O–H groups in total. The molecule has 0 aromatic carbocycles. The molecule has 0 saturated carbocycles. The number of carbonyl (C=O) groups is 1. The number of Topliss-reactive ketones (excluding diaryl/α,β-unsaturated/α-hetero) is 1. The maximum atomic E-state index is 11.8. The van der Waals surface area contributed by atoms with Crippen molar-refractivity contribution in [3.05, 3.63) is 23.9 Å². The summed E-state index contributed by atoms with van der Waals surface area (Å²) in [5, 5.41) is 0. The Kier molecular flexibility index (Phi) is 3.63. The molecule has 0 aliphatic rings. The van der Waals surface area contributed by atoms with E-state index in [9.17, 15) is 4.79 Å². The predicted molar refractivity (Wildman–Crippen MR) is 54.6 cm³/mol. The zero-order valence-electron chi connectivity index (χ0n) is 8.78. The van der Waals surface area contributed by atoms with Crippen LogP contribution >= 0.6 is 0 Å². The van der Waals surface area contributed by atoms with Crippen molar-refractivity contribution in [3.8, 4) is 5.88 Å². The highest BCUT2D eigenvalue weighted by Gasteiger charge is 2.17. The molecular formula is C11H15NO2. The normalized spacial score (nSPS) is 12.2. The molecule has 76 valence electrons. The number of hydrogen-bond acceptors (Lipinski definition) is 3. The van der Waals surface area contributed by atoms with E-state index in [1.807, 2.05) is 13.8 Å². The van der Waals surface area contributed by atoms with Gasteiger partial charge in [-0.15, -0.1) is 0 Å². The van der Waals surface area contributed by atoms with Crippen molar-refractivity contribution >= 4 is 5.78 Å². The molecule has 1 unspecified atom stereocenters. The minimum absolute atomic E-state index is 0.0214. The van der Waals surface area contributed by atoms with E-state index in [-0.39, 0.29) is 11.7 Å². The summed E-state index contributed by atoms with van der Waals surface area (Å²) in [7, 11) is 1.52. The predicted octanol–water partition coefficient (Wildman–Crippen LogP) is 2.32. The van der Waals surface area contributed by atoms with E-state index in [0.717, 1.165) is 6.42 Å². The molecule has 1 atom stereocenters. The minimum atomic E-state index is 0.0214. The van der Waals surface area contributed by atoms with Crippen LogP contribution in [0.1, 0.15) is 30.6 Å². The highest BCUT2D eigenvalue weighted by Crippen LogP contribution is 2.19. The van der Waals surface area contributed by atoms with Gasteiger partial charge >= 0.3 is 0 Å². The zero-order chi connectivity index (χ0) is 10.6. The molecule has 0 aliphatic heterocycles. The van der Waals surface area contributed by atoms with Crippen LogP contribution in [0, 0.1) is 5.92 Å². The minimum Gasteiger partial charge on any atom is -0.480 e. The van der Waals surface area contributed by atoms with Crippen LogP contribution in [0.3, 0.4) is 0 Å². The number of aromatic nitrogens is 1. The second-order valence-corrected chi connectivity index (χ2v) is 3.23. The Balaban J connectivity index is 3.00. The van der Waals surface area contributed by atoms with E-state index >= 15 is 0 Å². The van der Waals surface area contributed by atoms with Crippen molar-refractivity contribution in [2.75, 3.05) is 7.11 Å². The number of methoxy groups -OCH3 is 1. The molecule has 0 aliphatic carbocycles. The Bertz CT molecular complexity index is 323. The highest BCUT2D eigenvalue weighted by molar-refractivity contribution is 5.99.